The molecule has 0 radical (unpaired) electrons. The van der Waals surface area contributed by atoms with Crippen molar-refractivity contribution in [3.8, 4) is 40.1 Å². The summed E-state index contributed by atoms with van der Waals surface area (Å²) in [5, 5.41) is 21.6. The van der Waals surface area contributed by atoms with Crippen LogP contribution in [0.1, 0.15) is 16.7 Å². The second-order valence-electron chi connectivity index (χ2n) is 16.7. The van der Waals surface area contributed by atoms with Gasteiger partial charge < -0.3 is 14.4 Å². The van der Waals surface area contributed by atoms with Crippen molar-refractivity contribution in [3.05, 3.63) is 217 Å². The van der Waals surface area contributed by atoms with Crippen LogP contribution in [0.3, 0.4) is 0 Å². The van der Waals surface area contributed by atoms with Gasteiger partial charge in [-0.1, -0.05) is 97.1 Å². The average molecular weight is 856 g/mol. The monoisotopic (exact) mass is 855 g/mol. The van der Waals surface area contributed by atoms with Gasteiger partial charge in [-0.2, -0.15) is 23.7 Å². The van der Waals surface area contributed by atoms with Gasteiger partial charge in [-0.05, 0) is 136 Å². The third kappa shape index (κ3) is 6.02. The van der Waals surface area contributed by atoms with Crippen LogP contribution in [0, 0.1) is 22.7 Å². The molecule has 3 heterocycles. The number of anilines is 6. The molecule has 9 heteroatoms. The molecule has 0 amide bonds. The molecule has 0 saturated carbocycles. The molecule has 0 aliphatic carbocycles. The van der Waals surface area contributed by atoms with Gasteiger partial charge in [-0.25, -0.2) is 0 Å². The molecule has 0 N–H and O–H groups in total. The Morgan fingerprint density at radius 1 is 0.424 bits per heavy atom. The minimum absolute atomic E-state index is 0.0344. The molecular weight excluding hydrogens is 822 g/mol. The number of benzene rings is 9. The van der Waals surface area contributed by atoms with Gasteiger partial charge in [0.15, 0.2) is 0 Å². The van der Waals surface area contributed by atoms with Crippen LogP contribution in [0.4, 0.5) is 47.3 Å². The first kappa shape index (κ1) is 38.9. The van der Waals surface area contributed by atoms with Gasteiger partial charge in [-0.3, -0.25) is 0 Å². The van der Waals surface area contributed by atoms with Crippen LogP contribution in [-0.2, 0) is 6.18 Å². The van der Waals surface area contributed by atoms with E-state index in [1.165, 1.54) is 40.7 Å². The summed E-state index contributed by atoms with van der Waals surface area (Å²) in [5.74, 6) is 0. The van der Waals surface area contributed by atoms with Gasteiger partial charge in [-0.15, -0.1) is 0 Å². The van der Waals surface area contributed by atoms with Crippen molar-refractivity contribution >= 4 is 79.0 Å². The zero-order valence-electron chi connectivity index (χ0n) is 35.0. The zero-order valence-corrected chi connectivity index (χ0v) is 35.0. The minimum Gasteiger partial charge on any atom is -0.311 e. The molecule has 0 unspecified atom stereocenters. The van der Waals surface area contributed by atoms with Crippen LogP contribution in [-0.4, -0.2) is 11.3 Å². The predicted molar refractivity (Wildman–Crippen MR) is 260 cm³/mol. The Morgan fingerprint density at radius 3 is 1.56 bits per heavy atom. The Labute approximate surface area is 378 Å². The summed E-state index contributed by atoms with van der Waals surface area (Å²) in [5.41, 5.74) is 14.2. The first-order valence-corrected chi connectivity index (χ1v) is 21.6. The fourth-order valence-electron chi connectivity index (χ4n) is 10.2. The van der Waals surface area contributed by atoms with E-state index in [0.717, 1.165) is 79.2 Å². The molecule has 0 fully saturated rings. The molecule has 0 spiro atoms. The quantitative estimate of drug-likeness (QED) is 0.162. The fraction of sp³-hybridized carbons (Fsp3) is 0.0175. The normalized spacial score (nSPS) is 12.7. The molecule has 10 aromatic rings. The first-order valence-electron chi connectivity index (χ1n) is 21.6. The van der Waals surface area contributed by atoms with Gasteiger partial charge in [0.2, 0.25) is 0 Å². The Hall–Kier alpha value is -8.79. The lowest BCUT2D eigenvalue weighted by Crippen LogP contribution is -2.61. The summed E-state index contributed by atoms with van der Waals surface area (Å²) in [7, 11) is 0. The molecule has 66 heavy (non-hydrogen) atoms. The number of hydrogen-bond donors (Lipinski definition) is 0. The largest absolute Gasteiger partial charge is 0.416 e. The minimum atomic E-state index is -4.63. The van der Waals surface area contributed by atoms with Crippen molar-refractivity contribution in [2.45, 2.75) is 6.18 Å². The van der Waals surface area contributed by atoms with Crippen LogP contribution in [0.2, 0.25) is 0 Å². The van der Waals surface area contributed by atoms with E-state index in [9.17, 15) is 23.7 Å². The van der Waals surface area contributed by atoms with Gasteiger partial charge in [0.25, 0.3) is 6.71 Å². The van der Waals surface area contributed by atoms with Crippen LogP contribution >= 0.6 is 0 Å². The van der Waals surface area contributed by atoms with Crippen molar-refractivity contribution in [1.82, 2.24) is 4.57 Å². The molecule has 2 aliphatic heterocycles. The summed E-state index contributed by atoms with van der Waals surface area (Å²) >= 11 is 0. The molecule has 9 aromatic carbocycles. The fourth-order valence-corrected chi connectivity index (χ4v) is 10.2. The lowest BCUT2D eigenvalue weighted by atomic mass is 9.33. The highest BCUT2D eigenvalue weighted by Crippen LogP contribution is 2.47. The molecule has 310 valence electrons. The van der Waals surface area contributed by atoms with Gasteiger partial charge in [0.1, 0.15) is 0 Å². The molecule has 2 aliphatic rings. The Kier molecular flexibility index (Phi) is 8.78. The van der Waals surface area contributed by atoms with Crippen molar-refractivity contribution in [3.63, 3.8) is 0 Å². The number of alkyl halides is 3. The van der Waals surface area contributed by atoms with E-state index in [1.807, 2.05) is 47.0 Å². The number of hydrogen-bond acceptors (Lipinski definition) is 4. The second kappa shape index (κ2) is 14.9. The maximum atomic E-state index is 14.4. The Balaban J connectivity index is 1.12. The summed E-state index contributed by atoms with van der Waals surface area (Å²) < 4.78 is 45.2. The van der Waals surface area contributed by atoms with Crippen molar-refractivity contribution in [2.75, 3.05) is 9.80 Å². The molecule has 0 saturated heterocycles. The van der Waals surface area contributed by atoms with E-state index in [0.29, 0.717) is 11.3 Å². The van der Waals surface area contributed by atoms with Crippen molar-refractivity contribution < 1.29 is 13.2 Å². The molecule has 1 aromatic heterocycles. The van der Waals surface area contributed by atoms with Crippen LogP contribution in [0.15, 0.2) is 200 Å². The lowest BCUT2D eigenvalue weighted by molar-refractivity contribution is -0.137. The summed E-state index contributed by atoms with van der Waals surface area (Å²) in [4.78, 5) is 4.75. The molecule has 12 rings (SSSR count). The SMILES string of the molecule is N#Cc1cc(C#N)cc(-c2cc(C(F)(F)F)ccc2-n2c3ccccc3c3cc(-c4cc5c6c(c4)N(c4ccccc4)c4ccccc4B6c4ccccc4N5c4ccccc4)ccc32)c1. The predicted octanol–water partition coefficient (Wildman–Crippen LogP) is 13.0. The van der Waals surface area contributed by atoms with Gasteiger partial charge in [0, 0.05) is 50.5 Å². The highest BCUT2D eigenvalue weighted by atomic mass is 19.4. The smallest absolute Gasteiger partial charge is 0.311 e. The van der Waals surface area contributed by atoms with E-state index in [4.69, 9.17) is 0 Å². The number of para-hydroxylation sites is 5. The van der Waals surface area contributed by atoms with E-state index in [2.05, 4.69) is 143 Å². The van der Waals surface area contributed by atoms with E-state index in [-0.39, 0.29) is 23.4 Å². The molecule has 0 bridgehead atoms. The highest BCUT2D eigenvalue weighted by Gasteiger charge is 2.43. The van der Waals surface area contributed by atoms with E-state index < -0.39 is 11.7 Å². The second-order valence-corrected chi connectivity index (χ2v) is 16.7. The van der Waals surface area contributed by atoms with E-state index >= 15 is 0 Å². The number of nitriles is 2. The van der Waals surface area contributed by atoms with Crippen LogP contribution < -0.4 is 26.2 Å². The zero-order chi connectivity index (χ0) is 44.7. The number of fused-ring (bicyclic) bond motifs is 7. The molecular formula is C57H33BF3N5. The van der Waals surface area contributed by atoms with Crippen molar-refractivity contribution in [2.24, 2.45) is 0 Å². The molecule has 0 atom stereocenters. The summed E-state index contributed by atoms with van der Waals surface area (Å²) in [6, 6.07) is 69.5. The average Bonchev–Trinajstić information content (AvgIpc) is 3.69. The third-order valence-electron chi connectivity index (χ3n) is 13.0. The number of aromatic nitrogens is 1. The summed E-state index contributed by atoms with van der Waals surface area (Å²) in [6.07, 6.45) is -4.63. The van der Waals surface area contributed by atoms with Gasteiger partial charge in [0.05, 0.1) is 45.5 Å². The van der Waals surface area contributed by atoms with Crippen molar-refractivity contribution in [1.29, 1.82) is 10.5 Å². The third-order valence-corrected chi connectivity index (χ3v) is 13.0. The maximum absolute atomic E-state index is 14.4. The van der Waals surface area contributed by atoms with Crippen LogP contribution in [0.25, 0.3) is 49.7 Å². The molecule has 5 nitrogen and oxygen atoms in total. The Bertz CT molecular complexity index is 3550. The standard InChI is InChI=1S/C57H33BF3N5/c59-57(60,61)41-24-26-50(45(33-41)40-28-36(34-62)27-37(29-40)35-63)66-49-20-10-7-17-44(49)46-30-38(23-25-51(46)66)39-31-54-56-55(32-39)65(43-15-5-2-6-16-43)53-22-12-9-19-48(53)58(56)47-18-8-11-21-52(47)64(54)42-13-3-1-4-14-42/h1-33H. The van der Waals surface area contributed by atoms with Crippen LogP contribution in [0.5, 0.6) is 0 Å². The first-order chi connectivity index (χ1) is 32.3. The number of halogens is 3. The maximum Gasteiger partial charge on any atom is 0.416 e. The van der Waals surface area contributed by atoms with E-state index in [1.54, 1.807) is 0 Å². The highest BCUT2D eigenvalue weighted by molar-refractivity contribution is 7.00. The number of rotatable bonds is 5. The number of nitrogens with zero attached hydrogens (tertiary/aromatic N) is 5. The Morgan fingerprint density at radius 2 is 0.970 bits per heavy atom. The van der Waals surface area contributed by atoms with Gasteiger partial charge >= 0.3 is 6.18 Å². The summed E-state index contributed by atoms with van der Waals surface area (Å²) in [6.45, 7) is -0.0344. The topological polar surface area (TPSA) is 59.0 Å². The lowest BCUT2D eigenvalue weighted by Gasteiger charge is -2.44.